The van der Waals surface area contributed by atoms with Crippen molar-refractivity contribution in [3.05, 3.63) is 36.5 Å². The zero-order valence-corrected chi connectivity index (χ0v) is 12.4. The molecule has 0 atom stereocenters. The van der Waals surface area contributed by atoms with Gasteiger partial charge in [-0.1, -0.05) is 6.58 Å². The van der Waals surface area contributed by atoms with Gasteiger partial charge in [0, 0.05) is 19.3 Å². The topological polar surface area (TPSA) is 70.6 Å². The summed E-state index contributed by atoms with van der Waals surface area (Å²) in [5.74, 6) is -0.413. The molecule has 1 aromatic rings. The van der Waals surface area contributed by atoms with Crippen molar-refractivity contribution in [1.82, 2.24) is 9.88 Å². The molecular weight excluding hydrogens is 282 g/mol. The summed E-state index contributed by atoms with van der Waals surface area (Å²) in [6, 6.07) is 3.28. The highest BCUT2D eigenvalue weighted by Crippen LogP contribution is 2.21. The first-order chi connectivity index (χ1) is 10.7. The highest BCUT2D eigenvalue weighted by Gasteiger charge is 2.25. The highest BCUT2D eigenvalue weighted by molar-refractivity contribution is 6.07. The lowest BCUT2D eigenvalue weighted by molar-refractivity contribution is -0.116. The lowest BCUT2D eigenvalue weighted by Crippen LogP contribution is -2.38. The van der Waals surface area contributed by atoms with E-state index in [0.717, 1.165) is 30.2 Å². The molecule has 1 aromatic heterocycles. The fourth-order valence-corrected chi connectivity index (χ4v) is 2.51. The van der Waals surface area contributed by atoms with Crippen LogP contribution >= 0.6 is 0 Å². The third-order valence-corrected chi connectivity index (χ3v) is 3.61. The van der Waals surface area contributed by atoms with Crippen molar-refractivity contribution in [2.75, 3.05) is 24.5 Å². The number of aromatic nitrogens is 1. The van der Waals surface area contributed by atoms with Crippen molar-refractivity contribution in [2.24, 2.45) is 0 Å². The Morgan fingerprint density at radius 2 is 2.05 bits per heavy atom. The Morgan fingerprint density at radius 3 is 2.68 bits per heavy atom. The number of rotatable bonds is 5. The Kier molecular flexibility index (Phi) is 5.41. The fraction of sp³-hybridized carbons (Fsp3) is 0.375. The molecule has 2 amide bonds. The van der Waals surface area contributed by atoms with Crippen molar-refractivity contribution >= 4 is 23.9 Å². The van der Waals surface area contributed by atoms with E-state index < -0.39 is 5.91 Å². The number of anilines is 1. The number of aldehydes is 1. The molecule has 0 radical (unpaired) electrons. The van der Waals surface area contributed by atoms with E-state index in [1.807, 2.05) is 0 Å². The van der Waals surface area contributed by atoms with Gasteiger partial charge in [-0.15, -0.1) is 0 Å². The number of pyridine rings is 1. The minimum atomic E-state index is -0.460. The van der Waals surface area contributed by atoms with E-state index in [1.165, 1.54) is 6.20 Å². The average molecular weight is 301 g/mol. The highest BCUT2D eigenvalue weighted by atomic mass is 16.2. The standard InChI is InChI=1S/C16H19N3O3/c1-2-14(21)19(11-12-20)15-13(7-6-8-17-15)16(22)18-9-4-3-5-10-18/h2,6-8,12H,1,3-5,9-11H2. The summed E-state index contributed by atoms with van der Waals surface area (Å²) in [6.45, 7) is 4.67. The van der Waals surface area contributed by atoms with Crippen LogP contribution in [0.5, 0.6) is 0 Å². The lowest BCUT2D eigenvalue weighted by Gasteiger charge is -2.28. The molecule has 0 aliphatic carbocycles. The van der Waals surface area contributed by atoms with Gasteiger partial charge in [-0.25, -0.2) is 4.98 Å². The summed E-state index contributed by atoms with van der Waals surface area (Å²) in [5, 5.41) is 0. The van der Waals surface area contributed by atoms with Gasteiger partial charge in [0.15, 0.2) is 0 Å². The maximum absolute atomic E-state index is 12.7. The maximum Gasteiger partial charge on any atom is 0.257 e. The summed E-state index contributed by atoms with van der Waals surface area (Å²) < 4.78 is 0. The normalized spacial score (nSPS) is 14.3. The van der Waals surface area contributed by atoms with Gasteiger partial charge in [0.2, 0.25) is 0 Å². The minimum absolute atomic E-state index is 0.157. The van der Waals surface area contributed by atoms with Gasteiger partial charge in [0.05, 0.1) is 12.1 Å². The Labute approximate surface area is 129 Å². The van der Waals surface area contributed by atoms with Crippen LogP contribution < -0.4 is 4.90 Å². The summed E-state index contributed by atoms with van der Waals surface area (Å²) in [6.07, 6.45) is 6.28. The van der Waals surface area contributed by atoms with E-state index in [9.17, 15) is 14.4 Å². The molecule has 2 rings (SSSR count). The molecule has 0 aromatic carbocycles. The number of hydrogen-bond donors (Lipinski definition) is 0. The van der Waals surface area contributed by atoms with Crippen molar-refractivity contribution in [2.45, 2.75) is 19.3 Å². The zero-order chi connectivity index (χ0) is 15.9. The van der Waals surface area contributed by atoms with Gasteiger partial charge in [0.25, 0.3) is 11.8 Å². The van der Waals surface area contributed by atoms with Crippen LogP contribution in [0.15, 0.2) is 31.0 Å². The number of piperidine rings is 1. The lowest BCUT2D eigenvalue weighted by atomic mass is 10.1. The second kappa shape index (κ2) is 7.49. The molecule has 0 spiro atoms. The van der Waals surface area contributed by atoms with Gasteiger partial charge in [-0.05, 0) is 37.5 Å². The van der Waals surface area contributed by atoms with Gasteiger partial charge in [0.1, 0.15) is 12.1 Å². The van der Waals surface area contributed by atoms with Crippen LogP contribution in [0.25, 0.3) is 0 Å². The summed E-state index contributed by atoms with van der Waals surface area (Å²) in [5.41, 5.74) is 0.335. The molecule has 0 bridgehead atoms. The molecule has 22 heavy (non-hydrogen) atoms. The van der Waals surface area contributed by atoms with Gasteiger partial charge in [-0.3, -0.25) is 14.5 Å². The number of carbonyl (C=O) groups is 3. The van der Waals surface area contributed by atoms with E-state index in [0.29, 0.717) is 24.9 Å². The molecule has 6 heteroatoms. The Balaban J connectivity index is 2.35. The summed E-state index contributed by atoms with van der Waals surface area (Å²) in [7, 11) is 0. The van der Waals surface area contributed by atoms with E-state index in [4.69, 9.17) is 0 Å². The van der Waals surface area contributed by atoms with E-state index >= 15 is 0 Å². The van der Waals surface area contributed by atoms with Crippen LogP contribution in [0.4, 0.5) is 5.82 Å². The van der Waals surface area contributed by atoms with Crippen LogP contribution in [0.2, 0.25) is 0 Å². The zero-order valence-electron chi connectivity index (χ0n) is 12.4. The third kappa shape index (κ3) is 3.39. The molecule has 6 nitrogen and oxygen atoms in total. The molecule has 0 unspecified atom stereocenters. The predicted octanol–water partition coefficient (Wildman–Crippen LogP) is 1.43. The first kappa shape index (κ1) is 15.9. The predicted molar refractivity (Wildman–Crippen MR) is 82.6 cm³/mol. The number of carbonyl (C=O) groups excluding carboxylic acids is 3. The van der Waals surface area contributed by atoms with Crippen LogP contribution in [0.1, 0.15) is 29.6 Å². The first-order valence-corrected chi connectivity index (χ1v) is 7.31. The second-order valence-corrected chi connectivity index (χ2v) is 5.05. The van der Waals surface area contributed by atoms with E-state index in [-0.39, 0.29) is 18.3 Å². The first-order valence-electron chi connectivity index (χ1n) is 7.31. The maximum atomic E-state index is 12.7. The van der Waals surface area contributed by atoms with Gasteiger partial charge < -0.3 is 9.69 Å². The molecule has 1 aliphatic rings. The largest absolute Gasteiger partial charge is 0.339 e. The van der Waals surface area contributed by atoms with Crippen LogP contribution in [-0.4, -0.2) is 47.6 Å². The third-order valence-electron chi connectivity index (χ3n) is 3.61. The molecule has 1 fully saturated rings. The van der Waals surface area contributed by atoms with Crippen LogP contribution in [0, 0.1) is 0 Å². The van der Waals surface area contributed by atoms with Crippen molar-refractivity contribution in [3.63, 3.8) is 0 Å². The SMILES string of the molecule is C=CC(=O)N(CC=O)c1ncccc1C(=O)N1CCCCC1. The molecule has 116 valence electrons. The fourth-order valence-electron chi connectivity index (χ4n) is 2.51. The number of hydrogen-bond acceptors (Lipinski definition) is 4. The minimum Gasteiger partial charge on any atom is -0.339 e. The molecule has 2 heterocycles. The number of likely N-dealkylation sites (tertiary alicyclic amines) is 1. The molecular formula is C16H19N3O3. The van der Waals surface area contributed by atoms with Gasteiger partial charge >= 0.3 is 0 Å². The monoisotopic (exact) mass is 301 g/mol. The summed E-state index contributed by atoms with van der Waals surface area (Å²) in [4.78, 5) is 42.5. The number of amides is 2. The Morgan fingerprint density at radius 1 is 1.32 bits per heavy atom. The van der Waals surface area contributed by atoms with Crippen LogP contribution in [0.3, 0.4) is 0 Å². The van der Waals surface area contributed by atoms with E-state index in [1.54, 1.807) is 17.0 Å². The second-order valence-electron chi connectivity index (χ2n) is 5.05. The molecule has 1 aliphatic heterocycles. The number of nitrogens with zero attached hydrogens (tertiary/aromatic N) is 3. The molecule has 1 saturated heterocycles. The molecule has 0 saturated carbocycles. The van der Waals surface area contributed by atoms with Gasteiger partial charge in [-0.2, -0.15) is 0 Å². The van der Waals surface area contributed by atoms with E-state index in [2.05, 4.69) is 11.6 Å². The smallest absolute Gasteiger partial charge is 0.257 e. The Hall–Kier alpha value is -2.50. The average Bonchev–Trinajstić information content (AvgIpc) is 2.59. The van der Waals surface area contributed by atoms with Crippen molar-refractivity contribution < 1.29 is 14.4 Å². The quantitative estimate of drug-likeness (QED) is 0.609. The molecule has 0 N–H and O–H groups in total. The summed E-state index contributed by atoms with van der Waals surface area (Å²) >= 11 is 0. The Bertz CT molecular complexity index is 580. The van der Waals surface area contributed by atoms with Crippen molar-refractivity contribution in [3.8, 4) is 0 Å². The van der Waals surface area contributed by atoms with Crippen molar-refractivity contribution in [1.29, 1.82) is 0 Å². The van der Waals surface area contributed by atoms with Crippen LogP contribution in [-0.2, 0) is 9.59 Å².